The standard InChI is InChI=1S/C4H11N2O3P/c5-1-6-10(2-7,3-8)4-9/h6-10H,2-4H2. The van der Waals surface area contributed by atoms with E-state index in [-0.39, 0.29) is 19.0 Å². The van der Waals surface area contributed by atoms with Crippen LogP contribution in [0.3, 0.4) is 0 Å². The van der Waals surface area contributed by atoms with Crippen molar-refractivity contribution in [2.75, 3.05) is 19.0 Å². The van der Waals surface area contributed by atoms with Gasteiger partial charge in [0.1, 0.15) is 0 Å². The predicted octanol–water partition coefficient (Wildman–Crippen LogP) is -1.43. The van der Waals surface area contributed by atoms with E-state index in [1.54, 1.807) is 6.19 Å². The van der Waals surface area contributed by atoms with E-state index in [2.05, 4.69) is 5.09 Å². The van der Waals surface area contributed by atoms with Gasteiger partial charge in [0.15, 0.2) is 0 Å². The third-order valence-corrected chi connectivity index (χ3v) is 3.69. The monoisotopic (exact) mass is 166 g/mol. The molecule has 0 aromatic rings. The molecule has 0 heterocycles. The fourth-order valence-electron chi connectivity index (χ4n) is 0.387. The average Bonchev–Trinajstić information content (AvgIpc) is 2.01. The van der Waals surface area contributed by atoms with Crippen LogP contribution in [0.4, 0.5) is 0 Å². The van der Waals surface area contributed by atoms with Crippen molar-refractivity contribution < 1.29 is 15.3 Å². The van der Waals surface area contributed by atoms with E-state index < -0.39 is 7.41 Å². The number of rotatable bonds is 4. The number of aliphatic hydroxyl groups is 3. The van der Waals surface area contributed by atoms with E-state index in [4.69, 9.17) is 20.6 Å². The van der Waals surface area contributed by atoms with Crippen LogP contribution in [-0.4, -0.2) is 34.4 Å². The average molecular weight is 166 g/mol. The number of nitrogens with zero attached hydrogens (tertiary/aromatic N) is 1. The first kappa shape index (κ1) is 9.60. The van der Waals surface area contributed by atoms with Crippen molar-refractivity contribution in [1.82, 2.24) is 5.09 Å². The van der Waals surface area contributed by atoms with Crippen molar-refractivity contribution in [3.63, 3.8) is 0 Å². The Labute approximate surface area is 59.3 Å². The van der Waals surface area contributed by atoms with E-state index in [9.17, 15) is 0 Å². The van der Waals surface area contributed by atoms with Gasteiger partial charge in [0.2, 0.25) is 0 Å². The van der Waals surface area contributed by atoms with Crippen molar-refractivity contribution in [3.05, 3.63) is 0 Å². The molecule has 0 aromatic carbocycles. The fourth-order valence-corrected chi connectivity index (χ4v) is 1.16. The van der Waals surface area contributed by atoms with Crippen LogP contribution in [0, 0.1) is 11.5 Å². The molecule has 60 valence electrons. The van der Waals surface area contributed by atoms with Gasteiger partial charge in [0, 0.05) is 0 Å². The van der Waals surface area contributed by atoms with Crippen LogP contribution in [0.1, 0.15) is 0 Å². The van der Waals surface area contributed by atoms with E-state index >= 15 is 0 Å². The van der Waals surface area contributed by atoms with Gasteiger partial charge in [-0.3, -0.25) is 0 Å². The third kappa shape index (κ3) is 2.09. The van der Waals surface area contributed by atoms with Crippen molar-refractivity contribution in [2.24, 2.45) is 0 Å². The zero-order valence-electron chi connectivity index (χ0n) is 5.41. The molecule has 0 bridgehead atoms. The maximum atomic E-state index is 8.64. The molecule has 0 aromatic heterocycles. The molecule has 5 nitrogen and oxygen atoms in total. The van der Waals surface area contributed by atoms with Crippen LogP contribution in [-0.2, 0) is 0 Å². The normalized spacial score (nSPS) is 12.2. The Bertz CT molecular complexity index is 123. The molecule has 6 heteroatoms. The predicted molar refractivity (Wildman–Crippen MR) is 38.3 cm³/mol. The maximum absolute atomic E-state index is 8.64. The summed E-state index contributed by atoms with van der Waals surface area (Å²) >= 11 is 0. The van der Waals surface area contributed by atoms with Crippen molar-refractivity contribution in [2.45, 2.75) is 0 Å². The van der Waals surface area contributed by atoms with Crippen molar-refractivity contribution in [1.29, 1.82) is 5.26 Å². The first-order valence-electron chi connectivity index (χ1n) is 2.73. The van der Waals surface area contributed by atoms with Crippen molar-refractivity contribution >= 4 is 7.41 Å². The Balaban J connectivity index is 4.04. The van der Waals surface area contributed by atoms with Gasteiger partial charge in [0.05, 0.1) is 0 Å². The van der Waals surface area contributed by atoms with Crippen molar-refractivity contribution in [3.8, 4) is 6.19 Å². The first-order chi connectivity index (χ1) is 4.74. The first-order valence-corrected chi connectivity index (χ1v) is 5.35. The van der Waals surface area contributed by atoms with E-state index in [1.165, 1.54) is 0 Å². The number of nitriles is 1. The molecule has 4 N–H and O–H groups in total. The summed E-state index contributed by atoms with van der Waals surface area (Å²) in [5.74, 6) is 0. The van der Waals surface area contributed by atoms with Crippen LogP contribution in [0.2, 0.25) is 0 Å². The second-order valence-electron chi connectivity index (χ2n) is 1.99. The molecule has 0 unspecified atom stereocenters. The molecule has 0 aliphatic rings. The van der Waals surface area contributed by atoms with Gasteiger partial charge in [-0.25, -0.2) is 0 Å². The van der Waals surface area contributed by atoms with E-state index in [0.29, 0.717) is 0 Å². The Kier molecular flexibility index (Phi) is 4.24. The SMILES string of the molecule is N#CN[PH](CO)(CO)CO. The Morgan fingerprint density at radius 1 is 1.20 bits per heavy atom. The van der Waals surface area contributed by atoms with Gasteiger partial charge in [0.25, 0.3) is 0 Å². The quantitative estimate of drug-likeness (QED) is 0.233. The molecule has 0 fully saturated rings. The zero-order valence-corrected chi connectivity index (χ0v) is 6.41. The third-order valence-electron chi connectivity index (χ3n) is 1.23. The molecule has 0 spiro atoms. The summed E-state index contributed by atoms with van der Waals surface area (Å²) in [6.07, 6.45) is 0.574. The Morgan fingerprint density at radius 3 is 1.70 bits per heavy atom. The summed E-state index contributed by atoms with van der Waals surface area (Å²) in [5.41, 5.74) is 0. The minimum atomic E-state index is -2.66. The molecule has 10 heavy (non-hydrogen) atoms. The molecule has 0 atom stereocenters. The number of aliphatic hydroxyl groups excluding tert-OH is 3. The second kappa shape index (κ2) is 4.42. The van der Waals surface area contributed by atoms with Crippen LogP contribution in [0.25, 0.3) is 0 Å². The van der Waals surface area contributed by atoms with Gasteiger partial charge < -0.3 is 0 Å². The van der Waals surface area contributed by atoms with Gasteiger partial charge in [-0.15, -0.1) is 0 Å². The molecule has 0 saturated heterocycles. The van der Waals surface area contributed by atoms with Gasteiger partial charge in [-0.2, -0.15) is 0 Å². The summed E-state index contributed by atoms with van der Waals surface area (Å²) in [6.45, 7) is 0. The molecular weight excluding hydrogens is 155 g/mol. The van der Waals surface area contributed by atoms with Gasteiger partial charge >= 0.3 is 58.3 Å². The number of hydrogen-bond donors (Lipinski definition) is 4. The summed E-state index contributed by atoms with van der Waals surface area (Å²) in [4.78, 5) is 0. The summed E-state index contributed by atoms with van der Waals surface area (Å²) in [6, 6.07) is 0. The van der Waals surface area contributed by atoms with E-state index in [0.717, 1.165) is 0 Å². The molecule has 0 rings (SSSR count). The fraction of sp³-hybridized carbons (Fsp3) is 0.750. The summed E-state index contributed by atoms with van der Waals surface area (Å²) < 4.78 is 0. The Hall–Kier alpha value is -0.400. The van der Waals surface area contributed by atoms with Gasteiger partial charge in [-0.05, 0) is 0 Å². The Morgan fingerprint density at radius 2 is 1.60 bits per heavy atom. The molecule has 0 aliphatic carbocycles. The minimum absolute atomic E-state index is 0.340. The number of nitrogens with one attached hydrogen (secondary N) is 1. The van der Waals surface area contributed by atoms with Crippen LogP contribution in [0.5, 0.6) is 0 Å². The second-order valence-corrected chi connectivity index (χ2v) is 5.75. The molecule has 0 radical (unpaired) electrons. The topological polar surface area (TPSA) is 96.5 Å². The summed E-state index contributed by atoms with van der Waals surface area (Å²) in [5, 5.41) is 36.3. The van der Waals surface area contributed by atoms with Crippen LogP contribution in [0.15, 0.2) is 0 Å². The van der Waals surface area contributed by atoms with Gasteiger partial charge in [-0.1, -0.05) is 0 Å². The zero-order chi connectivity index (χ0) is 8.04. The van der Waals surface area contributed by atoms with Crippen LogP contribution >= 0.6 is 7.41 Å². The van der Waals surface area contributed by atoms with Crippen LogP contribution < -0.4 is 5.09 Å². The molecular formula is C4H11N2O3P. The molecule has 0 amide bonds. The molecule has 0 saturated carbocycles. The summed E-state index contributed by atoms with van der Waals surface area (Å²) in [7, 11) is -2.66. The van der Waals surface area contributed by atoms with E-state index in [1.807, 2.05) is 0 Å². The molecule has 0 aliphatic heterocycles. The number of hydrogen-bond acceptors (Lipinski definition) is 5.